The molecular weight excluding hydrogens is 344 g/mol. The number of phenols is 1. The molecule has 0 bridgehead atoms. The summed E-state index contributed by atoms with van der Waals surface area (Å²) in [5.74, 6) is 11.9. The van der Waals surface area contributed by atoms with E-state index >= 15 is 0 Å². The Balaban J connectivity index is 2.33. The SMILES string of the molecule is CCc1cccc(N(N)C(=O)N(C)N)c1COc1ccc(O)cc1Cl. The highest BCUT2D eigenvalue weighted by molar-refractivity contribution is 6.32. The van der Waals surface area contributed by atoms with Gasteiger partial charge < -0.3 is 9.84 Å². The first kappa shape index (κ1) is 18.9. The number of urea groups is 1. The van der Waals surface area contributed by atoms with Crippen LogP contribution in [0.5, 0.6) is 11.5 Å². The van der Waals surface area contributed by atoms with E-state index in [4.69, 9.17) is 28.0 Å². The molecule has 2 aromatic carbocycles. The number of carbonyl (C=O) groups is 1. The summed E-state index contributed by atoms with van der Waals surface area (Å²) in [5.41, 5.74) is 2.23. The molecule has 0 aromatic heterocycles. The Kier molecular flexibility index (Phi) is 6.08. The maximum atomic E-state index is 12.1. The lowest BCUT2D eigenvalue weighted by Gasteiger charge is -2.24. The van der Waals surface area contributed by atoms with Crippen molar-refractivity contribution >= 4 is 23.3 Å². The summed E-state index contributed by atoms with van der Waals surface area (Å²) < 4.78 is 5.77. The predicted molar refractivity (Wildman–Crippen MR) is 97.3 cm³/mol. The molecule has 2 rings (SSSR count). The molecule has 0 saturated heterocycles. The molecular formula is C17H21ClN4O3. The zero-order chi connectivity index (χ0) is 18.6. The van der Waals surface area contributed by atoms with Gasteiger partial charge in [0.1, 0.15) is 18.1 Å². The van der Waals surface area contributed by atoms with E-state index in [1.807, 2.05) is 19.1 Å². The number of ether oxygens (including phenoxy) is 1. The molecule has 0 radical (unpaired) electrons. The van der Waals surface area contributed by atoms with Gasteiger partial charge in [-0.3, -0.25) is 5.01 Å². The van der Waals surface area contributed by atoms with E-state index in [1.54, 1.807) is 12.1 Å². The fourth-order valence-electron chi connectivity index (χ4n) is 2.37. The van der Waals surface area contributed by atoms with E-state index < -0.39 is 6.03 Å². The number of benzene rings is 2. The average molecular weight is 365 g/mol. The smallest absolute Gasteiger partial charge is 0.352 e. The predicted octanol–water partition coefficient (Wildman–Crippen LogP) is 2.79. The van der Waals surface area contributed by atoms with Gasteiger partial charge in [-0.25, -0.2) is 21.5 Å². The number of anilines is 1. The maximum absolute atomic E-state index is 12.1. The van der Waals surface area contributed by atoms with Crippen molar-refractivity contribution < 1.29 is 14.6 Å². The molecule has 2 amide bonds. The average Bonchev–Trinajstić information content (AvgIpc) is 2.59. The van der Waals surface area contributed by atoms with E-state index in [2.05, 4.69) is 0 Å². The number of nitrogens with zero attached hydrogens (tertiary/aromatic N) is 2. The second-order valence-corrected chi connectivity index (χ2v) is 5.84. The summed E-state index contributed by atoms with van der Waals surface area (Å²) in [7, 11) is 1.41. The lowest BCUT2D eigenvalue weighted by molar-refractivity contribution is 0.216. The van der Waals surface area contributed by atoms with Crippen LogP contribution in [0.1, 0.15) is 18.1 Å². The number of hydrogen-bond acceptors (Lipinski definition) is 5. The fraction of sp³-hybridized carbons (Fsp3) is 0.235. The topological polar surface area (TPSA) is 105 Å². The molecule has 0 spiro atoms. The highest BCUT2D eigenvalue weighted by Crippen LogP contribution is 2.31. The molecule has 8 heteroatoms. The molecule has 0 saturated carbocycles. The molecule has 0 aliphatic carbocycles. The van der Waals surface area contributed by atoms with Crippen LogP contribution in [0.25, 0.3) is 0 Å². The summed E-state index contributed by atoms with van der Waals surface area (Å²) in [5, 5.41) is 11.6. The Morgan fingerprint density at radius 1 is 1.28 bits per heavy atom. The molecule has 0 heterocycles. The van der Waals surface area contributed by atoms with Crippen molar-refractivity contribution in [1.29, 1.82) is 0 Å². The number of halogens is 1. The highest BCUT2D eigenvalue weighted by atomic mass is 35.5. The summed E-state index contributed by atoms with van der Waals surface area (Å²) in [6.45, 7) is 2.15. The van der Waals surface area contributed by atoms with Crippen molar-refractivity contribution in [3.8, 4) is 11.5 Å². The van der Waals surface area contributed by atoms with Gasteiger partial charge in [-0.05, 0) is 30.2 Å². The van der Waals surface area contributed by atoms with Gasteiger partial charge in [0, 0.05) is 18.7 Å². The largest absolute Gasteiger partial charge is 0.508 e. The quantitative estimate of drug-likeness (QED) is 0.430. The first-order valence-corrected chi connectivity index (χ1v) is 8.02. The Labute approximate surface area is 151 Å². The molecule has 0 aliphatic heterocycles. The summed E-state index contributed by atoms with van der Waals surface area (Å²) in [4.78, 5) is 12.1. The molecule has 0 atom stereocenters. The van der Waals surface area contributed by atoms with E-state index in [-0.39, 0.29) is 17.4 Å². The van der Waals surface area contributed by atoms with Crippen molar-refractivity contribution in [2.75, 3.05) is 12.1 Å². The molecule has 0 fully saturated rings. The third kappa shape index (κ3) is 4.33. The maximum Gasteiger partial charge on any atom is 0.352 e. The first-order chi connectivity index (χ1) is 11.8. The van der Waals surface area contributed by atoms with Gasteiger partial charge in [0.05, 0.1) is 10.7 Å². The summed E-state index contributed by atoms with van der Waals surface area (Å²) in [6, 6.07) is 9.36. The number of rotatable bonds is 5. The molecule has 25 heavy (non-hydrogen) atoms. The molecule has 2 aromatic rings. The van der Waals surface area contributed by atoms with E-state index in [9.17, 15) is 9.90 Å². The van der Waals surface area contributed by atoms with E-state index in [1.165, 1.54) is 19.2 Å². The summed E-state index contributed by atoms with van der Waals surface area (Å²) >= 11 is 6.07. The third-order valence-corrected chi connectivity index (χ3v) is 3.98. The Morgan fingerprint density at radius 2 is 2.00 bits per heavy atom. The van der Waals surface area contributed by atoms with Crippen LogP contribution in [0.4, 0.5) is 10.5 Å². The minimum Gasteiger partial charge on any atom is -0.508 e. The molecule has 0 aliphatic rings. The van der Waals surface area contributed by atoms with Crippen LogP contribution in [0.3, 0.4) is 0 Å². The first-order valence-electron chi connectivity index (χ1n) is 7.64. The standard InChI is InChI=1S/C17H21ClN4O3/c1-3-11-5-4-6-15(22(20)17(24)21(2)19)13(11)10-25-16-8-7-12(23)9-14(16)18/h4-9,23H,3,10,19-20H2,1-2H3. The normalized spacial score (nSPS) is 10.4. The van der Waals surface area contributed by atoms with Crippen LogP contribution >= 0.6 is 11.6 Å². The molecule has 5 N–H and O–H groups in total. The lowest BCUT2D eigenvalue weighted by Crippen LogP contribution is -2.49. The Bertz CT molecular complexity index is 768. The number of aryl methyl sites for hydroxylation is 1. The monoisotopic (exact) mass is 364 g/mol. The van der Waals surface area contributed by atoms with Gasteiger partial charge in [-0.1, -0.05) is 30.7 Å². The van der Waals surface area contributed by atoms with Crippen LogP contribution in [-0.2, 0) is 13.0 Å². The van der Waals surface area contributed by atoms with Gasteiger partial charge >= 0.3 is 6.03 Å². The summed E-state index contributed by atoms with van der Waals surface area (Å²) in [6.07, 6.45) is 0.732. The second-order valence-electron chi connectivity index (χ2n) is 5.44. The van der Waals surface area contributed by atoms with Crippen molar-refractivity contribution in [2.45, 2.75) is 20.0 Å². The number of hydrazine groups is 2. The molecule has 7 nitrogen and oxygen atoms in total. The number of phenolic OH excluding ortho intramolecular Hbond substituents is 1. The fourth-order valence-corrected chi connectivity index (χ4v) is 2.60. The number of amides is 2. The van der Waals surface area contributed by atoms with Crippen LogP contribution in [0, 0.1) is 0 Å². The van der Waals surface area contributed by atoms with Gasteiger partial charge in [-0.15, -0.1) is 0 Å². The second kappa shape index (κ2) is 8.06. The lowest BCUT2D eigenvalue weighted by atomic mass is 10.0. The van der Waals surface area contributed by atoms with E-state index in [0.29, 0.717) is 11.4 Å². The Morgan fingerprint density at radius 3 is 2.60 bits per heavy atom. The van der Waals surface area contributed by atoms with Gasteiger partial charge in [-0.2, -0.15) is 0 Å². The van der Waals surface area contributed by atoms with Gasteiger partial charge in [0.15, 0.2) is 0 Å². The van der Waals surface area contributed by atoms with Crippen molar-refractivity contribution in [3.63, 3.8) is 0 Å². The zero-order valence-corrected chi connectivity index (χ0v) is 14.8. The van der Waals surface area contributed by atoms with Crippen molar-refractivity contribution in [3.05, 3.63) is 52.5 Å². The highest BCUT2D eigenvalue weighted by Gasteiger charge is 2.19. The van der Waals surface area contributed by atoms with Crippen molar-refractivity contribution in [1.82, 2.24) is 5.01 Å². The number of aromatic hydroxyl groups is 1. The molecule has 0 unspecified atom stereocenters. The van der Waals surface area contributed by atoms with Crippen LogP contribution in [-0.4, -0.2) is 23.2 Å². The Hall–Kier alpha value is -2.48. The third-order valence-electron chi connectivity index (χ3n) is 3.68. The van der Waals surface area contributed by atoms with E-state index in [0.717, 1.165) is 27.6 Å². The minimum absolute atomic E-state index is 0.0525. The van der Waals surface area contributed by atoms with Crippen LogP contribution < -0.4 is 21.4 Å². The molecule has 134 valence electrons. The van der Waals surface area contributed by atoms with Crippen LogP contribution in [0.15, 0.2) is 36.4 Å². The zero-order valence-electron chi connectivity index (χ0n) is 14.1. The van der Waals surface area contributed by atoms with Gasteiger partial charge in [0.2, 0.25) is 0 Å². The number of nitrogens with two attached hydrogens (primary N) is 2. The number of carbonyl (C=O) groups excluding carboxylic acids is 1. The minimum atomic E-state index is -0.558. The van der Waals surface area contributed by atoms with Crippen LogP contribution in [0.2, 0.25) is 5.02 Å². The van der Waals surface area contributed by atoms with Gasteiger partial charge in [0.25, 0.3) is 0 Å². The van der Waals surface area contributed by atoms with Crippen molar-refractivity contribution in [2.24, 2.45) is 11.7 Å². The number of hydrogen-bond donors (Lipinski definition) is 3.